The van der Waals surface area contributed by atoms with Crippen LogP contribution in [0.25, 0.3) is 10.9 Å². The lowest BCUT2D eigenvalue weighted by Crippen LogP contribution is -2.60. The van der Waals surface area contributed by atoms with Gasteiger partial charge < -0.3 is 69.0 Å². The first-order valence-electron chi connectivity index (χ1n) is 24.0. The molecule has 4 aromatic rings. The lowest BCUT2D eigenvalue weighted by Gasteiger charge is -2.28. The number of guanidine groups is 1. The van der Waals surface area contributed by atoms with Crippen molar-refractivity contribution in [3.63, 3.8) is 0 Å². The van der Waals surface area contributed by atoms with Gasteiger partial charge in [-0.3, -0.25) is 38.6 Å². The van der Waals surface area contributed by atoms with Crippen LogP contribution in [0.4, 0.5) is 0 Å². The number of benzene rings is 2. The molecule has 16 N–H and O–H groups in total. The number of fused-ring (bicyclic) bond motifs is 1. The molecule has 2 aromatic carbocycles. The number of carbonyl (C=O) groups is 8. The van der Waals surface area contributed by atoms with Crippen LogP contribution in [-0.2, 0) is 62.5 Å². The van der Waals surface area contributed by atoms with E-state index in [9.17, 15) is 43.5 Å². The van der Waals surface area contributed by atoms with E-state index in [0.717, 1.165) is 17.3 Å². The number of amides is 6. The molecule has 0 saturated carbocycles. The van der Waals surface area contributed by atoms with E-state index in [0.29, 0.717) is 23.2 Å². The number of unbranched alkanes of at least 4 members (excludes halogenated alkanes) is 1. The van der Waals surface area contributed by atoms with Crippen molar-refractivity contribution in [2.24, 2.45) is 22.2 Å². The zero-order chi connectivity index (χ0) is 52.0. The number of hydrogen-bond acceptors (Lipinski definition) is 13. The second-order valence-corrected chi connectivity index (χ2v) is 17.5. The number of rotatable bonds is 16. The minimum Gasteiger partial charge on any atom is -0.480 e. The molecule has 1 fully saturated rings. The summed E-state index contributed by atoms with van der Waals surface area (Å²) >= 11 is 0. The molecule has 24 nitrogen and oxygen atoms in total. The fourth-order valence-corrected chi connectivity index (χ4v) is 7.93. The summed E-state index contributed by atoms with van der Waals surface area (Å²) in [6.07, 6.45) is 5.50. The number of nitrogens with two attached hydrogens (primary N) is 3. The SMILES string of the molecule is CCCC[C@H](N)C(=O)N[C@H]1CC(=O)ONCCCC[C@@H](C(=O)O)NC(=O)[C@H](Cc2c[nH]c3ccccc23)NC(=O)[C@H](CCCN=C(N)N)NC(=O)[C@H](Cc2ccccc2)NC(=O)[C@H](Cc2cnc[nH]2)NC1=O. The number of H-pyrrole nitrogens is 2. The molecule has 5 rings (SSSR count). The third-order valence-corrected chi connectivity index (χ3v) is 11.9. The highest BCUT2D eigenvalue weighted by molar-refractivity contribution is 5.98. The molecule has 0 spiro atoms. The molecule has 1 aliphatic rings. The minimum absolute atomic E-state index is 0.0310. The monoisotopic (exact) mass is 999 g/mol. The molecule has 0 unspecified atom stereocenters. The number of carbonyl (C=O) groups excluding carboxylic acids is 7. The summed E-state index contributed by atoms with van der Waals surface area (Å²) in [7, 11) is 0. The molecule has 388 valence electrons. The Kier molecular flexibility index (Phi) is 21.5. The number of aromatic amines is 2. The molecular weight excluding hydrogens is 933 g/mol. The number of imidazole rings is 1. The summed E-state index contributed by atoms with van der Waals surface area (Å²) in [5, 5.41) is 26.9. The van der Waals surface area contributed by atoms with E-state index in [1.54, 1.807) is 42.6 Å². The van der Waals surface area contributed by atoms with Crippen LogP contribution in [0.3, 0.4) is 0 Å². The van der Waals surface area contributed by atoms with Crippen LogP contribution in [0.15, 0.2) is 78.3 Å². The first-order chi connectivity index (χ1) is 34.6. The Morgan fingerprint density at radius 1 is 0.806 bits per heavy atom. The number of aliphatic carboxylic acids is 1. The maximum atomic E-state index is 14.6. The van der Waals surface area contributed by atoms with Gasteiger partial charge in [-0.2, -0.15) is 5.48 Å². The second kappa shape index (κ2) is 28.1. The van der Waals surface area contributed by atoms with Gasteiger partial charge in [0.05, 0.1) is 18.8 Å². The summed E-state index contributed by atoms with van der Waals surface area (Å²) in [5.41, 5.74) is 22.1. The van der Waals surface area contributed by atoms with E-state index in [4.69, 9.17) is 22.0 Å². The Bertz CT molecular complexity index is 2480. The molecular formula is C48H66N14O10. The number of nitrogens with one attached hydrogen (secondary N) is 9. The maximum Gasteiger partial charge on any atom is 0.327 e. The van der Waals surface area contributed by atoms with Crippen LogP contribution in [-0.4, -0.2) is 129 Å². The molecule has 0 radical (unpaired) electrons. The molecule has 1 saturated heterocycles. The molecule has 72 heavy (non-hydrogen) atoms. The number of carboxylic acid groups (broad SMARTS) is 1. The Hall–Kier alpha value is -7.86. The van der Waals surface area contributed by atoms with Crippen molar-refractivity contribution in [3.8, 4) is 0 Å². The van der Waals surface area contributed by atoms with Gasteiger partial charge in [0.1, 0.15) is 36.3 Å². The summed E-state index contributed by atoms with van der Waals surface area (Å²) in [6.45, 7) is 2.00. The number of hydrogen-bond donors (Lipinski definition) is 13. The maximum absolute atomic E-state index is 14.6. The predicted octanol–water partition coefficient (Wildman–Crippen LogP) is -0.895. The highest BCUT2D eigenvalue weighted by Gasteiger charge is 2.35. The predicted molar refractivity (Wildman–Crippen MR) is 264 cm³/mol. The van der Waals surface area contributed by atoms with Gasteiger partial charge in [-0.25, -0.2) is 9.78 Å². The third-order valence-electron chi connectivity index (χ3n) is 11.9. The summed E-state index contributed by atoms with van der Waals surface area (Å²) in [5.74, 6) is -7.53. The Labute approximate surface area is 415 Å². The zero-order valence-corrected chi connectivity index (χ0v) is 40.1. The molecule has 0 bridgehead atoms. The van der Waals surface area contributed by atoms with Crippen LogP contribution in [0.1, 0.15) is 81.5 Å². The van der Waals surface area contributed by atoms with Gasteiger partial charge in [-0.1, -0.05) is 68.3 Å². The summed E-state index contributed by atoms with van der Waals surface area (Å²) < 4.78 is 0. The van der Waals surface area contributed by atoms with E-state index < -0.39 is 96.1 Å². The molecule has 3 heterocycles. The summed E-state index contributed by atoms with van der Waals surface area (Å²) in [4.78, 5) is 130. The summed E-state index contributed by atoms with van der Waals surface area (Å²) in [6, 6.07) is 6.32. The van der Waals surface area contributed by atoms with Crippen molar-refractivity contribution < 1.29 is 48.3 Å². The van der Waals surface area contributed by atoms with Crippen molar-refractivity contribution in [2.45, 2.75) is 126 Å². The average Bonchev–Trinajstić information content (AvgIpc) is 4.03. The van der Waals surface area contributed by atoms with Crippen molar-refractivity contribution >= 4 is 64.2 Å². The highest BCUT2D eigenvalue weighted by atomic mass is 16.7. The molecule has 1 aliphatic heterocycles. The fraction of sp³-hybridized carbons (Fsp3) is 0.458. The topological polar surface area (TPSA) is 385 Å². The number of para-hydroxylation sites is 1. The smallest absolute Gasteiger partial charge is 0.327 e. The van der Waals surface area contributed by atoms with Crippen molar-refractivity contribution in [3.05, 3.63) is 90.1 Å². The Morgan fingerprint density at radius 3 is 2.15 bits per heavy atom. The molecule has 24 heteroatoms. The fourth-order valence-electron chi connectivity index (χ4n) is 7.93. The quantitative estimate of drug-likeness (QED) is 0.0368. The van der Waals surface area contributed by atoms with E-state index >= 15 is 0 Å². The van der Waals surface area contributed by atoms with Crippen LogP contribution >= 0.6 is 0 Å². The van der Waals surface area contributed by atoms with Crippen LogP contribution in [0.5, 0.6) is 0 Å². The first-order valence-corrected chi connectivity index (χ1v) is 24.0. The van der Waals surface area contributed by atoms with Gasteiger partial charge in [0, 0.05) is 61.3 Å². The van der Waals surface area contributed by atoms with E-state index in [1.165, 1.54) is 12.5 Å². The van der Waals surface area contributed by atoms with Crippen LogP contribution < -0.4 is 54.6 Å². The number of aliphatic imine (C=N–C) groups is 1. The lowest BCUT2D eigenvalue weighted by molar-refractivity contribution is -0.153. The van der Waals surface area contributed by atoms with E-state index in [-0.39, 0.29) is 76.8 Å². The highest BCUT2D eigenvalue weighted by Crippen LogP contribution is 2.20. The molecule has 6 amide bonds. The number of nitrogens with zero attached hydrogens (tertiary/aromatic N) is 2. The third kappa shape index (κ3) is 17.5. The molecule has 0 aliphatic carbocycles. The van der Waals surface area contributed by atoms with E-state index in [2.05, 4.69) is 57.3 Å². The zero-order valence-electron chi connectivity index (χ0n) is 40.1. The van der Waals surface area contributed by atoms with E-state index in [1.807, 2.05) is 25.1 Å². The standard InChI is InChI=1S/C48H66N14O10/c1-2-3-15-32(49)41(64)59-39-24-40(63)72-56-20-10-9-17-35(47(70)71)58-44(67)37(22-29-25-54-33-16-8-7-14-31(29)33)61-42(65)34(18-11-19-53-48(50)51)57-43(66)36(21-28-12-5-4-6-13-28)60-45(68)38(62-46(39)69)23-30-26-52-27-55-30/h4-8,12-14,16,25-27,32,34-39,54,56H,2-3,9-11,15,17-24,49H2,1H3,(H,52,55)(H,57,66)(H,58,67)(H,59,64)(H,60,68)(H,61,65)(H,62,69)(H,70,71)(H4,50,51,53)/t32-,34-,35-,36-,37-,38-,39-/m0/s1. The van der Waals surface area contributed by atoms with Crippen LogP contribution in [0, 0.1) is 0 Å². The van der Waals surface area contributed by atoms with Gasteiger partial charge in [-0.05, 0) is 55.7 Å². The van der Waals surface area contributed by atoms with Crippen molar-refractivity contribution in [1.29, 1.82) is 0 Å². The van der Waals surface area contributed by atoms with Gasteiger partial charge >= 0.3 is 11.9 Å². The van der Waals surface area contributed by atoms with Gasteiger partial charge in [-0.15, -0.1) is 0 Å². The Balaban J connectivity index is 1.53. The van der Waals surface area contributed by atoms with Gasteiger partial charge in [0.15, 0.2) is 5.96 Å². The average molecular weight is 999 g/mol. The Morgan fingerprint density at radius 2 is 1.46 bits per heavy atom. The minimum atomic E-state index is -1.59. The van der Waals surface area contributed by atoms with Crippen molar-refractivity contribution in [2.75, 3.05) is 13.1 Å². The largest absolute Gasteiger partial charge is 0.480 e. The lowest BCUT2D eigenvalue weighted by atomic mass is 10.0. The molecule has 2 aromatic heterocycles. The van der Waals surface area contributed by atoms with Gasteiger partial charge in [0.25, 0.3) is 0 Å². The van der Waals surface area contributed by atoms with Crippen LogP contribution in [0.2, 0.25) is 0 Å². The number of hydroxylamine groups is 1. The number of aromatic nitrogens is 3. The first kappa shape index (κ1) is 55.1. The normalized spacial score (nSPS) is 21.9. The van der Waals surface area contributed by atoms with Gasteiger partial charge in [0.2, 0.25) is 35.4 Å². The number of carboxylic acids is 1. The second-order valence-electron chi connectivity index (χ2n) is 17.5. The van der Waals surface area contributed by atoms with Crippen molar-refractivity contribution in [1.82, 2.24) is 52.3 Å². The molecule has 7 atom stereocenters.